The molecule has 0 bridgehead atoms. The van der Waals surface area contributed by atoms with Crippen LogP contribution in [0.2, 0.25) is 10.0 Å². The normalized spacial score (nSPS) is 20.7. The number of rotatable bonds is 1. The average Bonchev–Trinajstić information content (AvgIpc) is 3.14. The van der Waals surface area contributed by atoms with E-state index in [1.165, 1.54) is 6.07 Å². The molecule has 5 nitrogen and oxygen atoms in total. The van der Waals surface area contributed by atoms with Crippen molar-refractivity contribution in [2.75, 3.05) is 4.90 Å². The molecule has 3 rings (SSSR count). The summed E-state index contributed by atoms with van der Waals surface area (Å²) >= 11 is 11.9. The van der Waals surface area contributed by atoms with E-state index in [-0.39, 0.29) is 15.7 Å². The number of nitrogens with one attached hydrogen (secondary N) is 1. The van der Waals surface area contributed by atoms with Crippen molar-refractivity contribution >= 4 is 46.7 Å². The maximum atomic E-state index is 12.3. The molecule has 1 aromatic carbocycles. The predicted molar refractivity (Wildman–Crippen MR) is 69.2 cm³/mol. The van der Waals surface area contributed by atoms with E-state index < -0.39 is 23.3 Å². The number of urea groups is 1. The average molecular weight is 299 g/mol. The Bertz CT molecular complexity index is 625. The number of carbonyl (C=O) groups is 3. The van der Waals surface area contributed by atoms with Gasteiger partial charge >= 0.3 is 6.03 Å². The summed E-state index contributed by atoms with van der Waals surface area (Å²) in [6.07, 6.45) is 0.888. The first kappa shape index (κ1) is 12.4. The molecule has 7 heteroatoms. The molecule has 1 saturated carbocycles. The van der Waals surface area contributed by atoms with Crippen molar-refractivity contribution in [2.45, 2.75) is 12.8 Å². The van der Waals surface area contributed by atoms with E-state index in [9.17, 15) is 14.4 Å². The van der Waals surface area contributed by atoms with Crippen molar-refractivity contribution in [1.29, 1.82) is 0 Å². The highest BCUT2D eigenvalue weighted by Gasteiger charge is 2.62. The van der Waals surface area contributed by atoms with Gasteiger partial charge in [-0.2, -0.15) is 0 Å². The maximum Gasteiger partial charge on any atom is 0.335 e. The minimum Gasteiger partial charge on any atom is -0.276 e. The number of hydrogen-bond acceptors (Lipinski definition) is 3. The number of imide groups is 2. The fourth-order valence-corrected chi connectivity index (χ4v) is 2.51. The molecule has 1 spiro atoms. The number of barbiturate groups is 1. The molecule has 1 heterocycles. The zero-order valence-corrected chi connectivity index (χ0v) is 11.1. The van der Waals surface area contributed by atoms with Crippen LogP contribution in [-0.4, -0.2) is 17.8 Å². The van der Waals surface area contributed by atoms with Crippen molar-refractivity contribution in [1.82, 2.24) is 5.32 Å². The monoisotopic (exact) mass is 298 g/mol. The van der Waals surface area contributed by atoms with Crippen molar-refractivity contribution < 1.29 is 14.4 Å². The molecule has 2 aliphatic rings. The molecule has 1 saturated heterocycles. The van der Waals surface area contributed by atoms with E-state index in [2.05, 4.69) is 5.32 Å². The van der Waals surface area contributed by atoms with Crippen LogP contribution in [-0.2, 0) is 9.59 Å². The van der Waals surface area contributed by atoms with Gasteiger partial charge in [0.05, 0.1) is 15.7 Å². The largest absolute Gasteiger partial charge is 0.335 e. The van der Waals surface area contributed by atoms with Gasteiger partial charge in [0.25, 0.3) is 5.91 Å². The van der Waals surface area contributed by atoms with Crippen LogP contribution in [0.5, 0.6) is 0 Å². The van der Waals surface area contributed by atoms with E-state index >= 15 is 0 Å². The number of nitrogens with zero attached hydrogens (tertiary/aromatic N) is 1. The highest BCUT2D eigenvalue weighted by atomic mass is 35.5. The zero-order chi connectivity index (χ0) is 13.8. The Morgan fingerprint density at radius 3 is 2.47 bits per heavy atom. The Balaban J connectivity index is 2.09. The summed E-state index contributed by atoms with van der Waals surface area (Å²) in [5, 5.41) is 2.53. The molecule has 4 amide bonds. The molecule has 1 aliphatic heterocycles. The van der Waals surface area contributed by atoms with Crippen LogP contribution in [0.1, 0.15) is 12.8 Å². The Morgan fingerprint density at radius 2 is 1.84 bits per heavy atom. The third-order valence-electron chi connectivity index (χ3n) is 3.39. The third-order valence-corrected chi connectivity index (χ3v) is 4.20. The summed E-state index contributed by atoms with van der Waals surface area (Å²) in [6.45, 7) is 0. The standard InChI is InChI=1S/C12H8Cl2N2O3/c13-6-2-1-3-7(8(6)14)16-10(18)12(4-5-12)9(17)15-11(16)19/h1-3H,4-5H2,(H,15,17,19). The minimum atomic E-state index is -1.10. The molecule has 19 heavy (non-hydrogen) atoms. The van der Waals surface area contributed by atoms with E-state index in [0.717, 1.165) is 4.90 Å². The summed E-state index contributed by atoms with van der Waals surface area (Å²) in [5.41, 5.74) is -0.907. The predicted octanol–water partition coefficient (Wildman–Crippen LogP) is 2.36. The maximum absolute atomic E-state index is 12.3. The van der Waals surface area contributed by atoms with Gasteiger partial charge in [-0.1, -0.05) is 29.3 Å². The molecule has 1 aromatic rings. The van der Waals surface area contributed by atoms with Crippen LogP contribution in [0.3, 0.4) is 0 Å². The number of amides is 4. The Labute approximate surface area is 118 Å². The molecule has 2 fully saturated rings. The Kier molecular flexibility index (Phi) is 2.59. The first-order chi connectivity index (χ1) is 8.97. The highest BCUT2D eigenvalue weighted by Crippen LogP contribution is 2.50. The van der Waals surface area contributed by atoms with Crippen molar-refractivity contribution in [3.8, 4) is 0 Å². The van der Waals surface area contributed by atoms with Gasteiger partial charge in [-0.25, -0.2) is 9.69 Å². The number of benzene rings is 1. The molecule has 0 unspecified atom stereocenters. The molecule has 0 aromatic heterocycles. The molecular formula is C12H8Cl2N2O3. The van der Waals surface area contributed by atoms with E-state index in [4.69, 9.17) is 23.2 Å². The lowest BCUT2D eigenvalue weighted by Crippen LogP contribution is -2.59. The van der Waals surface area contributed by atoms with Gasteiger partial charge in [-0.3, -0.25) is 14.9 Å². The quantitative estimate of drug-likeness (QED) is 0.809. The smallest absolute Gasteiger partial charge is 0.276 e. The fourth-order valence-electron chi connectivity index (χ4n) is 2.13. The summed E-state index contributed by atoms with van der Waals surface area (Å²) in [4.78, 5) is 36.8. The lowest BCUT2D eigenvalue weighted by molar-refractivity contribution is -0.136. The van der Waals surface area contributed by atoms with Crippen LogP contribution in [0.25, 0.3) is 0 Å². The van der Waals surface area contributed by atoms with Crippen LogP contribution >= 0.6 is 23.2 Å². The molecule has 0 radical (unpaired) electrons. The second-order valence-electron chi connectivity index (χ2n) is 4.55. The molecular weight excluding hydrogens is 291 g/mol. The van der Waals surface area contributed by atoms with Gasteiger partial charge in [0.15, 0.2) is 0 Å². The van der Waals surface area contributed by atoms with E-state index in [1.54, 1.807) is 12.1 Å². The summed E-state index contributed by atoms with van der Waals surface area (Å²) < 4.78 is 0. The van der Waals surface area contributed by atoms with Crippen molar-refractivity contribution in [3.63, 3.8) is 0 Å². The van der Waals surface area contributed by atoms with Gasteiger partial charge < -0.3 is 0 Å². The van der Waals surface area contributed by atoms with Crippen LogP contribution in [0, 0.1) is 5.41 Å². The van der Waals surface area contributed by atoms with Gasteiger partial charge in [0.1, 0.15) is 5.41 Å². The zero-order valence-electron chi connectivity index (χ0n) is 9.57. The first-order valence-electron chi connectivity index (χ1n) is 5.61. The topological polar surface area (TPSA) is 66.5 Å². The SMILES string of the molecule is O=C1NC(=O)C2(CC2)C(=O)N1c1cccc(Cl)c1Cl. The second-order valence-corrected chi connectivity index (χ2v) is 5.34. The number of hydrogen-bond donors (Lipinski definition) is 1. The lowest BCUT2D eigenvalue weighted by Gasteiger charge is -2.30. The van der Waals surface area contributed by atoms with Crippen molar-refractivity contribution in [3.05, 3.63) is 28.2 Å². The van der Waals surface area contributed by atoms with Gasteiger partial charge in [-0.15, -0.1) is 0 Å². The minimum absolute atomic E-state index is 0.109. The van der Waals surface area contributed by atoms with Gasteiger partial charge in [0, 0.05) is 0 Å². The highest BCUT2D eigenvalue weighted by molar-refractivity contribution is 6.45. The van der Waals surface area contributed by atoms with E-state index in [1.807, 2.05) is 0 Å². The molecule has 1 aliphatic carbocycles. The number of anilines is 1. The first-order valence-corrected chi connectivity index (χ1v) is 6.37. The second kappa shape index (κ2) is 3.95. The molecule has 0 atom stereocenters. The number of halogens is 2. The molecule has 98 valence electrons. The van der Waals surface area contributed by atoms with Gasteiger partial charge in [-0.05, 0) is 25.0 Å². The van der Waals surface area contributed by atoms with Crippen LogP contribution in [0.4, 0.5) is 10.5 Å². The van der Waals surface area contributed by atoms with Crippen LogP contribution in [0.15, 0.2) is 18.2 Å². The number of carbonyl (C=O) groups excluding carboxylic acids is 3. The molecule has 1 N–H and O–H groups in total. The summed E-state index contributed by atoms with van der Waals surface area (Å²) in [6, 6.07) is 3.85. The fraction of sp³-hybridized carbons (Fsp3) is 0.250. The van der Waals surface area contributed by atoms with Crippen LogP contribution < -0.4 is 10.2 Å². The Morgan fingerprint density at radius 1 is 1.16 bits per heavy atom. The third kappa shape index (κ3) is 1.65. The Hall–Kier alpha value is -1.59. The summed E-state index contributed by atoms with van der Waals surface area (Å²) in [5.74, 6) is -1.07. The van der Waals surface area contributed by atoms with E-state index in [0.29, 0.717) is 12.8 Å². The lowest BCUT2D eigenvalue weighted by atomic mass is 10.0. The van der Waals surface area contributed by atoms with Gasteiger partial charge in [0.2, 0.25) is 5.91 Å². The summed E-state index contributed by atoms with van der Waals surface area (Å²) in [7, 11) is 0. The van der Waals surface area contributed by atoms with Crippen molar-refractivity contribution in [2.24, 2.45) is 5.41 Å².